The summed E-state index contributed by atoms with van der Waals surface area (Å²) in [6.45, 7) is 1.33. The molecule has 0 heterocycles. The molecule has 0 fully saturated rings. The Morgan fingerprint density at radius 2 is 2.06 bits per heavy atom. The summed E-state index contributed by atoms with van der Waals surface area (Å²) in [6, 6.07) is 10.7. The van der Waals surface area contributed by atoms with Crippen molar-refractivity contribution in [2.24, 2.45) is 5.73 Å². The second-order valence-corrected chi connectivity index (χ2v) is 3.19. The van der Waals surface area contributed by atoms with Crippen LogP contribution in [0.15, 0.2) is 41.6 Å². The molecular formula is C12H12N2O2. The molecular weight excluding hydrogens is 204 g/mol. The highest BCUT2D eigenvalue weighted by Gasteiger charge is 2.11. The SMILES string of the molecule is C/C(N)=C(\C#N)C(=O)COc1ccccc1. The molecule has 82 valence electrons. The number of Topliss-reactive ketones (excluding diaryl/α,β-unsaturated/α-hetero) is 1. The highest BCUT2D eigenvalue weighted by Crippen LogP contribution is 2.09. The molecule has 0 aliphatic carbocycles. The van der Waals surface area contributed by atoms with Gasteiger partial charge in [-0.25, -0.2) is 0 Å². The molecule has 1 rings (SSSR count). The van der Waals surface area contributed by atoms with Gasteiger partial charge in [0.15, 0.2) is 6.61 Å². The summed E-state index contributed by atoms with van der Waals surface area (Å²) in [5.41, 5.74) is 5.56. The lowest BCUT2D eigenvalue weighted by Crippen LogP contribution is -2.16. The predicted octanol–water partition coefficient (Wildman–Crippen LogP) is 1.39. The molecule has 0 radical (unpaired) electrons. The van der Waals surface area contributed by atoms with E-state index in [4.69, 9.17) is 15.7 Å². The first-order chi connectivity index (χ1) is 7.65. The van der Waals surface area contributed by atoms with Crippen LogP contribution in [0.4, 0.5) is 0 Å². The number of benzene rings is 1. The Morgan fingerprint density at radius 1 is 1.44 bits per heavy atom. The van der Waals surface area contributed by atoms with Gasteiger partial charge < -0.3 is 10.5 Å². The standard InChI is InChI=1S/C12H12N2O2/c1-9(14)11(7-13)12(15)8-16-10-5-3-2-4-6-10/h2-6H,8,14H2,1H3/b11-9-. The Hall–Kier alpha value is -2.28. The summed E-state index contributed by atoms with van der Waals surface area (Å²) in [7, 11) is 0. The zero-order chi connectivity index (χ0) is 12.0. The molecule has 4 nitrogen and oxygen atoms in total. The molecule has 1 aromatic rings. The molecule has 0 aromatic heterocycles. The molecule has 0 unspecified atom stereocenters. The lowest BCUT2D eigenvalue weighted by Gasteiger charge is -2.04. The largest absolute Gasteiger partial charge is 0.485 e. The number of hydrogen-bond acceptors (Lipinski definition) is 4. The Kier molecular flexibility index (Phi) is 4.10. The lowest BCUT2D eigenvalue weighted by molar-refractivity contribution is -0.117. The molecule has 0 saturated heterocycles. The van der Waals surface area contributed by atoms with Gasteiger partial charge in [-0.3, -0.25) is 4.79 Å². The highest BCUT2D eigenvalue weighted by molar-refractivity contribution is 6.00. The van der Waals surface area contributed by atoms with Crippen LogP contribution >= 0.6 is 0 Å². The third-order valence-corrected chi connectivity index (χ3v) is 1.90. The van der Waals surface area contributed by atoms with Gasteiger partial charge in [-0.1, -0.05) is 18.2 Å². The zero-order valence-electron chi connectivity index (χ0n) is 8.93. The second-order valence-electron chi connectivity index (χ2n) is 3.19. The van der Waals surface area contributed by atoms with Gasteiger partial charge in [-0.2, -0.15) is 5.26 Å². The van der Waals surface area contributed by atoms with Crippen LogP contribution in [0.3, 0.4) is 0 Å². The Morgan fingerprint density at radius 3 is 2.56 bits per heavy atom. The van der Waals surface area contributed by atoms with Gasteiger partial charge >= 0.3 is 0 Å². The van der Waals surface area contributed by atoms with E-state index in [0.29, 0.717) is 5.75 Å². The molecule has 0 bridgehead atoms. The van der Waals surface area contributed by atoms with Crippen LogP contribution in [0.2, 0.25) is 0 Å². The van der Waals surface area contributed by atoms with Crippen molar-refractivity contribution in [1.29, 1.82) is 5.26 Å². The fourth-order valence-electron chi connectivity index (χ4n) is 1.11. The van der Waals surface area contributed by atoms with Crippen LogP contribution in [0.1, 0.15) is 6.92 Å². The Labute approximate surface area is 93.9 Å². The van der Waals surface area contributed by atoms with Crippen molar-refractivity contribution in [3.63, 3.8) is 0 Å². The fourth-order valence-corrected chi connectivity index (χ4v) is 1.11. The monoisotopic (exact) mass is 216 g/mol. The summed E-state index contributed by atoms with van der Waals surface area (Å²) in [5, 5.41) is 8.70. The molecule has 0 atom stereocenters. The maximum Gasteiger partial charge on any atom is 0.212 e. The van der Waals surface area contributed by atoms with Crippen molar-refractivity contribution < 1.29 is 9.53 Å². The number of hydrogen-bond donors (Lipinski definition) is 1. The second kappa shape index (κ2) is 5.56. The minimum atomic E-state index is -0.411. The predicted molar refractivity (Wildman–Crippen MR) is 59.4 cm³/mol. The van der Waals surface area contributed by atoms with Crippen LogP contribution < -0.4 is 10.5 Å². The molecule has 0 aliphatic rings. The van der Waals surface area contributed by atoms with Crippen molar-refractivity contribution >= 4 is 5.78 Å². The summed E-state index contributed by atoms with van der Waals surface area (Å²) in [6.07, 6.45) is 0. The number of ketones is 1. The summed E-state index contributed by atoms with van der Waals surface area (Å²) >= 11 is 0. The van der Waals surface area contributed by atoms with Crippen LogP contribution in [-0.4, -0.2) is 12.4 Å². The van der Waals surface area contributed by atoms with E-state index in [1.54, 1.807) is 30.3 Å². The molecule has 0 saturated carbocycles. The Balaban J connectivity index is 2.61. The fraction of sp³-hybridized carbons (Fsp3) is 0.167. The van der Waals surface area contributed by atoms with Gasteiger partial charge in [0.25, 0.3) is 0 Å². The quantitative estimate of drug-likeness (QED) is 0.609. The summed E-state index contributed by atoms with van der Waals surface area (Å²) in [5.74, 6) is 0.175. The van der Waals surface area contributed by atoms with Crippen molar-refractivity contribution in [3.8, 4) is 11.8 Å². The molecule has 16 heavy (non-hydrogen) atoms. The van der Waals surface area contributed by atoms with Gasteiger partial charge in [0.05, 0.1) is 0 Å². The van der Waals surface area contributed by atoms with E-state index < -0.39 is 5.78 Å². The third-order valence-electron chi connectivity index (χ3n) is 1.90. The van der Waals surface area contributed by atoms with E-state index in [2.05, 4.69) is 0 Å². The lowest BCUT2D eigenvalue weighted by atomic mass is 10.1. The van der Waals surface area contributed by atoms with Gasteiger partial charge in [0.1, 0.15) is 17.4 Å². The minimum absolute atomic E-state index is 0.0454. The van der Waals surface area contributed by atoms with E-state index >= 15 is 0 Å². The van der Waals surface area contributed by atoms with Crippen molar-refractivity contribution in [3.05, 3.63) is 41.6 Å². The van der Waals surface area contributed by atoms with Crippen molar-refractivity contribution in [1.82, 2.24) is 0 Å². The maximum atomic E-state index is 11.5. The van der Waals surface area contributed by atoms with Crippen LogP contribution in [-0.2, 0) is 4.79 Å². The molecule has 1 aromatic carbocycles. The molecule has 0 amide bonds. The normalized spacial score (nSPS) is 11.2. The highest BCUT2D eigenvalue weighted by atomic mass is 16.5. The van der Waals surface area contributed by atoms with E-state index in [9.17, 15) is 4.79 Å². The average molecular weight is 216 g/mol. The molecule has 0 aliphatic heterocycles. The van der Waals surface area contributed by atoms with Crippen molar-refractivity contribution in [2.75, 3.05) is 6.61 Å². The summed E-state index contributed by atoms with van der Waals surface area (Å²) in [4.78, 5) is 11.5. The first kappa shape index (κ1) is 11.8. The van der Waals surface area contributed by atoms with E-state index in [-0.39, 0.29) is 17.9 Å². The molecule has 0 spiro atoms. The van der Waals surface area contributed by atoms with Gasteiger partial charge in [0.2, 0.25) is 5.78 Å². The number of ether oxygens (including phenoxy) is 1. The first-order valence-electron chi connectivity index (χ1n) is 4.72. The number of para-hydroxylation sites is 1. The molecule has 2 N–H and O–H groups in total. The molecule has 4 heteroatoms. The van der Waals surface area contributed by atoms with Gasteiger partial charge in [0, 0.05) is 5.70 Å². The van der Waals surface area contributed by atoms with E-state index in [1.165, 1.54) is 6.92 Å². The number of allylic oxidation sites excluding steroid dienone is 1. The number of carbonyl (C=O) groups is 1. The van der Waals surface area contributed by atoms with Gasteiger partial charge in [-0.15, -0.1) is 0 Å². The van der Waals surface area contributed by atoms with E-state index in [1.807, 2.05) is 6.07 Å². The summed E-state index contributed by atoms with van der Waals surface area (Å²) < 4.78 is 5.21. The third kappa shape index (κ3) is 3.14. The van der Waals surface area contributed by atoms with Crippen LogP contribution in [0.5, 0.6) is 5.75 Å². The van der Waals surface area contributed by atoms with Crippen LogP contribution in [0.25, 0.3) is 0 Å². The number of rotatable bonds is 4. The maximum absolute atomic E-state index is 11.5. The first-order valence-corrected chi connectivity index (χ1v) is 4.72. The van der Waals surface area contributed by atoms with Crippen LogP contribution in [0, 0.1) is 11.3 Å². The number of nitriles is 1. The number of nitrogens with zero attached hydrogens (tertiary/aromatic N) is 1. The zero-order valence-corrected chi connectivity index (χ0v) is 8.93. The smallest absolute Gasteiger partial charge is 0.212 e. The Bertz CT molecular complexity index is 440. The van der Waals surface area contributed by atoms with Gasteiger partial charge in [-0.05, 0) is 19.1 Å². The number of carbonyl (C=O) groups excluding carboxylic acids is 1. The number of nitrogens with two attached hydrogens (primary N) is 1. The van der Waals surface area contributed by atoms with E-state index in [0.717, 1.165) is 0 Å². The minimum Gasteiger partial charge on any atom is -0.485 e. The average Bonchev–Trinajstić information content (AvgIpc) is 2.28. The topological polar surface area (TPSA) is 76.1 Å². The van der Waals surface area contributed by atoms with Crippen molar-refractivity contribution in [2.45, 2.75) is 6.92 Å².